The Hall–Kier alpha value is -1.62. The summed E-state index contributed by atoms with van der Waals surface area (Å²) in [5.41, 5.74) is 0.510. The van der Waals surface area contributed by atoms with Crippen LogP contribution >= 0.6 is 0 Å². The van der Waals surface area contributed by atoms with Gasteiger partial charge in [0.05, 0.1) is 6.61 Å². The molecule has 0 aromatic carbocycles. The normalized spacial score (nSPS) is 22.8. The Bertz CT molecular complexity index is 436. The van der Waals surface area contributed by atoms with Gasteiger partial charge in [-0.15, -0.1) is 0 Å². The van der Waals surface area contributed by atoms with Crippen LogP contribution in [-0.2, 0) is 4.74 Å². The molecule has 1 aliphatic rings. The van der Waals surface area contributed by atoms with Crippen molar-refractivity contribution >= 4 is 11.8 Å². The Morgan fingerprint density at radius 3 is 3.21 bits per heavy atom. The van der Waals surface area contributed by atoms with E-state index >= 15 is 0 Å². The minimum Gasteiger partial charge on any atom is -0.462 e. The van der Waals surface area contributed by atoms with Crippen molar-refractivity contribution in [3.63, 3.8) is 0 Å². The summed E-state index contributed by atoms with van der Waals surface area (Å²) in [5.74, 6) is 0.306. The molecule has 1 saturated heterocycles. The number of aromatic nitrogens is 1. The summed E-state index contributed by atoms with van der Waals surface area (Å²) in [6.07, 6.45) is 3.75. The first-order valence-electron chi connectivity index (χ1n) is 6.82. The maximum absolute atomic E-state index is 11.9. The molecular formula is C14H21N3O2. The van der Waals surface area contributed by atoms with Crippen LogP contribution in [0.5, 0.6) is 0 Å². The molecule has 5 heteroatoms. The van der Waals surface area contributed by atoms with Gasteiger partial charge < -0.3 is 15.4 Å². The Kier molecular flexibility index (Phi) is 4.74. The Labute approximate surface area is 113 Å². The Morgan fingerprint density at radius 1 is 1.63 bits per heavy atom. The van der Waals surface area contributed by atoms with E-state index in [2.05, 4.69) is 22.5 Å². The second-order valence-corrected chi connectivity index (χ2v) is 4.84. The van der Waals surface area contributed by atoms with Crippen molar-refractivity contribution in [1.29, 1.82) is 0 Å². The lowest BCUT2D eigenvalue weighted by Gasteiger charge is -2.29. The molecule has 5 nitrogen and oxygen atoms in total. The highest BCUT2D eigenvalue weighted by Gasteiger charge is 2.21. The topological polar surface area (TPSA) is 63.2 Å². The molecule has 2 unspecified atom stereocenters. The molecule has 0 radical (unpaired) electrons. The highest BCUT2D eigenvalue weighted by molar-refractivity contribution is 5.94. The first-order chi connectivity index (χ1) is 9.20. The molecule has 2 atom stereocenters. The van der Waals surface area contributed by atoms with Gasteiger partial charge in [0.1, 0.15) is 11.4 Å². The smallest absolute Gasteiger partial charge is 0.341 e. The number of hydrogen-bond acceptors (Lipinski definition) is 5. The molecule has 0 saturated carbocycles. The number of hydrogen-bond donors (Lipinski definition) is 2. The predicted octanol–water partition coefficient (Wildman–Crippen LogP) is 1.81. The van der Waals surface area contributed by atoms with Gasteiger partial charge in [0.2, 0.25) is 0 Å². The summed E-state index contributed by atoms with van der Waals surface area (Å²) in [6, 6.07) is 4.33. The zero-order valence-electron chi connectivity index (χ0n) is 11.5. The van der Waals surface area contributed by atoms with E-state index in [0.29, 0.717) is 30.1 Å². The van der Waals surface area contributed by atoms with E-state index in [1.807, 2.05) is 0 Å². The summed E-state index contributed by atoms with van der Waals surface area (Å²) in [4.78, 5) is 16.1. The largest absolute Gasteiger partial charge is 0.462 e. The van der Waals surface area contributed by atoms with Crippen molar-refractivity contribution in [1.82, 2.24) is 10.3 Å². The first kappa shape index (κ1) is 13.8. The summed E-state index contributed by atoms with van der Waals surface area (Å²) >= 11 is 0. The third-order valence-corrected chi connectivity index (χ3v) is 3.27. The Morgan fingerprint density at radius 2 is 2.47 bits per heavy atom. The van der Waals surface area contributed by atoms with E-state index in [1.54, 1.807) is 25.3 Å². The van der Waals surface area contributed by atoms with Crippen molar-refractivity contribution < 1.29 is 9.53 Å². The average Bonchev–Trinajstić information content (AvgIpc) is 2.39. The molecule has 1 aliphatic heterocycles. The zero-order valence-corrected chi connectivity index (χ0v) is 11.5. The van der Waals surface area contributed by atoms with E-state index in [4.69, 9.17) is 4.74 Å². The number of anilines is 1. The van der Waals surface area contributed by atoms with E-state index in [-0.39, 0.29) is 5.97 Å². The molecule has 0 bridgehead atoms. The van der Waals surface area contributed by atoms with Gasteiger partial charge in [-0.2, -0.15) is 0 Å². The van der Waals surface area contributed by atoms with E-state index < -0.39 is 0 Å². The van der Waals surface area contributed by atoms with Gasteiger partial charge >= 0.3 is 5.97 Å². The number of piperidine rings is 1. The first-order valence-corrected chi connectivity index (χ1v) is 6.82. The summed E-state index contributed by atoms with van der Waals surface area (Å²) in [6.45, 7) is 5.33. The molecule has 2 heterocycles. The van der Waals surface area contributed by atoms with Crippen LogP contribution in [0.25, 0.3) is 0 Å². The lowest BCUT2D eigenvalue weighted by atomic mass is 10.0. The van der Waals surface area contributed by atoms with Gasteiger partial charge in [0.25, 0.3) is 0 Å². The monoisotopic (exact) mass is 263 g/mol. The number of rotatable bonds is 4. The van der Waals surface area contributed by atoms with Crippen molar-refractivity contribution in [3.05, 3.63) is 23.9 Å². The van der Waals surface area contributed by atoms with Gasteiger partial charge in [-0.25, -0.2) is 9.78 Å². The number of carbonyl (C=O) groups excluding carboxylic acids is 1. The third kappa shape index (κ3) is 3.67. The predicted molar refractivity (Wildman–Crippen MR) is 74.3 cm³/mol. The minimum absolute atomic E-state index is 0.319. The lowest BCUT2D eigenvalue weighted by molar-refractivity contribution is 0.0527. The fourth-order valence-corrected chi connectivity index (χ4v) is 2.35. The molecule has 1 fully saturated rings. The highest BCUT2D eigenvalue weighted by Crippen LogP contribution is 2.18. The second-order valence-electron chi connectivity index (χ2n) is 4.84. The third-order valence-electron chi connectivity index (χ3n) is 3.27. The van der Waals surface area contributed by atoms with Gasteiger partial charge in [0, 0.05) is 18.3 Å². The van der Waals surface area contributed by atoms with Crippen LogP contribution < -0.4 is 10.6 Å². The number of nitrogens with zero attached hydrogens (tertiary/aromatic N) is 1. The van der Waals surface area contributed by atoms with Crippen LogP contribution in [-0.4, -0.2) is 36.2 Å². The fourth-order valence-electron chi connectivity index (χ4n) is 2.35. The van der Waals surface area contributed by atoms with Crippen molar-refractivity contribution in [3.8, 4) is 0 Å². The number of nitrogens with one attached hydrogen (secondary N) is 2. The molecule has 2 N–H and O–H groups in total. The average molecular weight is 263 g/mol. The van der Waals surface area contributed by atoms with Crippen LogP contribution in [0.3, 0.4) is 0 Å². The Balaban J connectivity index is 2.09. The highest BCUT2D eigenvalue weighted by atomic mass is 16.5. The number of esters is 1. The lowest BCUT2D eigenvalue weighted by Crippen LogP contribution is -2.41. The van der Waals surface area contributed by atoms with Crippen molar-refractivity contribution in [2.24, 2.45) is 0 Å². The molecule has 0 spiro atoms. The van der Waals surface area contributed by atoms with Crippen LogP contribution in [0.15, 0.2) is 18.3 Å². The van der Waals surface area contributed by atoms with E-state index in [0.717, 1.165) is 19.4 Å². The quantitative estimate of drug-likeness (QED) is 0.811. The minimum atomic E-state index is -0.319. The van der Waals surface area contributed by atoms with E-state index in [9.17, 15) is 4.79 Å². The van der Waals surface area contributed by atoms with Crippen LogP contribution in [0, 0.1) is 0 Å². The van der Waals surface area contributed by atoms with Crippen LogP contribution in [0.1, 0.15) is 37.0 Å². The zero-order chi connectivity index (χ0) is 13.7. The van der Waals surface area contributed by atoms with Gasteiger partial charge in [-0.1, -0.05) is 0 Å². The molecule has 0 aliphatic carbocycles. The number of pyridine rings is 1. The number of carbonyl (C=O) groups is 1. The maximum atomic E-state index is 11.9. The molecule has 1 aromatic heterocycles. The maximum Gasteiger partial charge on any atom is 0.341 e. The van der Waals surface area contributed by atoms with Crippen LogP contribution in [0.2, 0.25) is 0 Å². The summed E-state index contributed by atoms with van der Waals surface area (Å²) in [5, 5.41) is 6.77. The second kappa shape index (κ2) is 6.52. The van der Waals surface area contributed by atoms with Crippen molar-refractivity contribution in [2.45, 2.75) is 38.8 Å². The molecular weight excluding hydrogens is 242 g/mol. The van der Waals surface area contributed by atoms with Gasteiger partial charge in [-0.3, -0.25) is 0 Å². The molecule has 104 valence electrons. The standard InChI is InChI=1S/C14H21N3O2/c1-3-19-14(18)12-5-4-7-16-13(12)17-11-6-8-15-10(2)9-11/h4-5,7,10-11,15H,3,6,8-9H2,1-2H3,(H,16,17). The van der Waals surface area contributed by atoms with Crippen molar-refractivity contribution in [2.75, 3.05) is 18.5 Å². The summed E-state index contributed by atoms with van der Waals surface area (Å²) in [7, 11) is 0. The number of ether oxygens (including phenoxy) is 1. The molecule has 0 amide bonds. The molecule has 19 heavy (non-hydrogen) atoms. The van der Waals surface area contributed by atoms with Gasteiger partial charge in [-0.05, 0) is 45.4 Å². The van der Waals surface area contributed by atoms with E-state index in [1.165, 1.54) is 0 Å². The van der Waals surface area contributed by atoms with Gasteiger partial charge in [0.15, 0.2) is 0 Å². The summed E-state index contributed by atoms with van der Waals surface area (Å²) < 4.78 is 5.05. The molecule has 1 aromatic rings. The fraction of sp³-hybridized carbons (Fsp3) is 0.571. The molecule has 2 rings (SSSR count). The van der Waals surface area contributed by atoms with Crippen LogP contribution in [0.4, 0.5) is 5.82 Å². The SMILES string of the molecule is CCOC(=O)c1cccnc1NC1CCNC(C)C1.